The molecule has 0 atom stereocenters. The van der Waals surface area contributed by atoms with Gasteiger partial charge in [0.25, 0.3) is 0 Å². The van der Waals surface area contributed by atoms with Crippen LogP contribution in [0.15, 0.2) is 60.9 Å². The van der Waals surface area contributed by atoms with Crippen molar-refractivity contribution in [1.82, 2.24) is 20.2 Å². The van der Waals surface area contributed by atoms with Crippen molar-refractivity contribution < 1.29 is 13.2 Å². The number of nitrogens with one attached hydrogen (secondary N) is 3. The molecule has 164 valence electrons. The van der Waals surface area contributed by atoms with Crippen molar-refractivity contribution in [3.05, 3.63) is 76.8 Å². The highest BCUT2D eigenvalue weighted by Crippen LogP contribution is 2.34. The highest BCUT2D eigenvalue weighted by molar-refractivity contribution is 7.94. The van der Waals surface area contributed by atoms with Crippen LogP contribution >= 0.6 is 23.2 Å². The van der Waals surface area contributed by atoms with Gasteiger partial charge in [0.15, 0.2) is 5.82 Å². The summed E-state index contributed by atoms with van der Waals surface area (Å²) in [6.45, 7) is 1.75. The normalized spacial score (nSPS) is 11.2. The molecule has 0 aliphatic rings. The number of aromatic nitrogens is 4. The fraction of sp³-hybridized carbons (Fsp3) is 0.0500. The number of nitrogens with zero attached hydrogens (tertiary/aromatic N) is 3. The SMILES string of the molecule is Cc1nc(-c2cc(NS(=O)(=O)Nc3ccc(Cl)cc3)ccc2Oc2cncc(Cl)c2)n[nH]1. The van der Waals surface area contributed by atoms with Gasteiger partial charge in [0.1, 0.15) is 17.3 Å². The first-order chi connectivity index (χ1) is 15.3. The standard InChI is InChI=1S/C20H16Cl2N6O3S/c1-12-24-20(26-25-12)18-9-16(6-7-19(18)31-17-8-14(22)10-23-11-17)28-32(29,30)27-15-4-2-13(21)3-5-15/h2-11,27-28H,1H3,(H,24,25,26). The topological polar surface area (TPSA) is 122 Å². The predicted molar refractivity (Wildman–Crippen MR) is 123 cm³/mol. The van der Waals surface area contributed by atoms with Crippen LogP contribution in [0.4, 0.5) is 11.4 Å². The lowest BCUT2D eigenvalue weighted by molar-refractivity contribution is 0.482. The highest BCUT2D eigenvalue weighted by atomic mass is 35.5. The molecular formula is C20H16Cl2N6O3S. The van der Waals surface area contributed by atoms with Crippen molar-refractivity contribution in [1.29, 1.82) is 0 Å². The third-order valence-electron chi connectivity index (χ3n) is 4.07. The van der Waals surface area contributed by atoms with Gasteiger partial charge in [-0.3, -0.25) is 19.5 Å². The first kappa shape index (κ1) is 21.9. The van der Waals surface area contributed by atoms with Gasteiger partial charge in [-0.2, -0.15) is 13.5 Å². The molecule has 0 saturated heterocycles. The maximum absolute atomic E-state index is 12.6. The summed E-state index contributed by atoms with van der Waals surface area (Å²) in [6.07, 6.45) is 2.99. The van der Waals surface area contributed by atoms with Crippen LogP contribution < -0.4 is 14.2 Å². The number of hydrogen-bond acceptors (Lipinski definition) is 6. The first-order valence-corrected chi connectivity index (χ1v) is 11.4. The molecule has 3 N–H and O–H groups in total. The Bertz CT molecular complexity index is 1360. The summed E-state index contributed by atoms with van der Waals surface area (Å²) in [5.41, 5.74) is 1.10. The molecule has 12 heteroatoms. The molecule has 0 saturated carbocycles. The highest BCUT2D eigenvalue weighted by Gasteiger charge is 2.16. The van der Waals surface area contributed by atoms with Crippen molar-refractivity contribution in [3.63, 3.8) is 0 Å². The van der Waals surface area contributed by atoms with Crippen LogP contribution in [0, 0.1) is 6.92 Å². The second-order valence-electron chi connectivity index (χ2n) is 6.61. The van der Waals surface area contributed by atoms with Gasteiger partial charge in [0.05, 0.1) is 28.2 Å². The van der Waals surface area contributed by atoms with E-state index < -0.39 is 10.2 Å². The van der Waals surface area contributed by atoms with Gasteiger partial charge in [0, 0.05) is 17.3 Å². The van der Waals surface area contributed by atoms with Gasteiger partial charge in [-0.05, 0) is 49.4 Å². The van der Waals surface area contributed by atoms with Crippen LogP contribution in [0.5, 0.6) is 11.5 Å². The van der Waals surface area contributed by atoms with Crippen LogP contribution in [0.2, 0.25) is 10.0 Å². The Hall–Kier alpha value is -3.34. The van der Waals surface area contributed by atoms with E-state index in [9.17, 15) is 8.42 Å². The van der Waals surface area contributed by atoms with Crippen molar-refractivity contribution >= 4 is 44.8 Å². The third-order valence-corrected chi connectivity index (χ3v) is 5.54. The van der Waals surface area contributed by atoms with Crippen LogP contribution in [0.3, 0.4) is 0 Å². The average molecular weight is 491 g/mol. The van der Waals surface area contributed by atoms with Crippen molar-refractivity contribution in [2.45, 2.75) is 6.92 Å². The minimum Gasteiger partial charge on any atom is -0.455 e. The van der Waals surface area contributed by atoms with E-state index in [2.05, 4.69) is 29.6 Å². The lowest BCUT2D eigenvalue weighted by Gasteiger charge is -2.14. The zero-order valence-corrected chi connectivity index (χ0v) is 18.8. The zero-order valence-electron chi connectivity index (χ0n) is 16.5. The summed E-state index contributed by atoms with van der Waals surface area (Å²) in [6, 6.07) is 12.6. The van der Waals surface area contributed by atoms with Crippen LogP contribution in [-0.2, 0) is 10.2 Å². The molecule has 2 aromatic heterocycles. The molecule has 4 aromatic rings. The zero-order chi connectivity index (χ0) is 22.7. The Balaban J connectivity index is 1.64. The van der Waals surface area contributed by atoms with E-state index in [0.717, 1.165) is 0 Å². The van der Waals surface area contributed by atoms with Crippen LogP contribution in [-0.4, -0.2) is 28.6 Å². The Morgan fingerprint density at radius 3 is 2.34 bits per heavy atom. The second kappa shape index (κ2) is 9.03. The Kier molecular flexibility index (Phi) is 6.17. The third kappa shape index (κ3) is 5.47. The van der Waals surface area contributed by atoms with E-state index in [1.807, 2.05) is 0 Å². The lowest BCUT2D eigenvalue weighted by atomic mass is 10.1. The Labute approximate surface area is 194 Å². The van der Waals surface area contributed by atoms with Crippen LogP contribution in [0.1, 0.15) is 5.82 Å². The molecule has 9 nitrogen and oxygen atoms in total. The van der Waals surface area contributed by atoms with E-state index in [1.54, 1.807) is 55.5 Å². The monoisotopic (exact) mass is 490 g/mol. The van der Waals surface area contributed by atoms with Gasteiger partial charge in [-0.1, -0.05) is 23.2 Å². The molecule has 0 bridgehead atoms. The summed E-state index contributed by atoms with van der Waals surface area (Å²) in [7, 11) is -3.93. The fourth-order valence-corrected chi connectivity index (χ4v) is 3.97. The molecular weight excluding hydrogens is 475 g/mol. The summed E-state index contributed by atoms with van der Waals surface area (Å²) in [4.78, 5) is 8.32. The summed E-state index contributed by atoms with van der Waals surface area (Å²) >= 11 is 11.8. The van der Waals surface area contributed by atoms with E-state index >= 15 is 0 Å². The van der Waals surface area contributed by atoms with Gasteiger partial charge in [-0.15, -0.1) is 0 Å². The number of ether oxygens (including phenoxy) is 1. The quantitative estimate of drug-likeness (QED) is 0.333. The molecule has 0 fully saturated rings. The van der Waals surface area contributed by atoms with Crippen molar-refractivity contribution in [2.24, 2.45) is 0 Å². The number of anilines is 2. The van der Waals surface area contributed by atoms with Crippen molar-refractivity contribution in [2.75, 3.05) is 9.44 Å². The Morgan fingerprint density at radius 1 is 0.938 bits per heavy atom. The number of rotatable bonds is 7. The molecule has 0 unspecified atom stereocenters. The second-order valence-corrected chi connectivity index (χ2v) is 8.90. The van der Waals surface area contributed by atoms with Gasteiger partial charge >= 0.3 is 10.2 Å². The largest absolute Gasteiger partial charge is 0.455 e. The van der Waals surface area contributed by atoms with Crippen LogP contribution in [0.25, 0.3) is 11.4 Å². The van der Waals surface area contributed by atoms with Crippen molar-refractivity contribution in [3.8, 4) is 22.9 Å². The Morgan fingerprint density at radius 2 is 1.66 bits per heavy atom. The molecule has 0 spiro atoms. The number of aromatic amines is 1. The van der Waals surface area contributed by atoms with Gasteiger partial charge < -0.3 is 4.74 Å². The fourth-order valence-electron chi connectivity index (χ4n) is 2.75. The summed E-state index contributed by atoms with van der Waals surface area (Å²) < 4.78 is 35.9. The molecule has 0 amide bonds. The molecule has 0 radical (unpaired) electrons. The number of H-pyrrole nitrogens is 1. The molecule has 2 aromatic carbocycles. The molecule has 0 aliphatic carbocycles. The summed E-state index contributed by atoms with van der Waals surface area (Å²) in [5.74, 6) is 1.72. The van der Waals surface area contributed by atoms with E-state index in [-0.39, 0.29) is 5.69 Å². The van der Waals surface area contributed by atoms with E-state index in [1.165, 1.54) is 12.4 Å². The van der Waals surface area contributed by atoms with Gasteiger partial charge in [0.2, 0.25) is 0 Å². The number of pyridine rings is 1. The maximum Gasteiger partial charge on any atom is 0.321 e. The number of benzene rings is 2. The number of aryl methyl sites for hydroxylation is 1. The molecule has 32 heavy (non-hydrogen) atoms. The van der Waals surface area contributed by atoms with E-state index in [4.69, 9.17) is 27.9 Å². The molecule has 4 rings (SSSR count). The minimum atomic E-state index is -3.93. The van der Waals surface area contributed by atoms with Gasteiger partial charge in [-0.25, -0.2) is 4.98 Å². The lowest BCUT2D eigenvalue weighted by Crippen LogP contribution is -2.21. The predicted octanol–water partition coefficient (Wildman–Crippen LogP) is 5.04. The number of hydrogen-bond donors (Lipinski definition) is 3. The van der Waals surface area contributed by atoms with E-state index in [0.29, 0.717) is 44.4 Å². The first-order valence-electron chi connectivity index (χ1n) is 9.15. The molecule has 2 heterocycles. The summed E-state index contributed by atoms with van der Waals surface area (Å²) in [5, 5.41) is 7.83. The minimum absolute atomic E-state index is 0.278. The average Bonchev–Trinajstić information content (AvgIpc) is 3.17. The smallest absolute Gasteiger partial charge is 0.321 e. The maximum atomic E-state index is 12.6. The number of halogens is 2. The molecule has 0 aliphatic heterocycles.